The molecule has 0 aliphatic rings. The Labute approximate surface area is 196 Å². The van der Waals surface area contributed by atoms with E-state index in [0.717, 1.165) is 43.3 Å². The van der Waals surface area contributed by atoms with Crippen molar-refractivity contribution in [3.8, 4) is 16.9 Å². The summed E-state index contributed by atoms with van der Waals surface area (Å²) in [6, 6.07) is 21.8. The van der Waals surface area contributed by atoms with E-state index in [1.54, 1.807) is 19.4 Å². The Kier molecular flexibility index (Phi) is 6.47. The monoisotopic (exact) mass is 489 g/mol. The summed E-state index contributed by atoms with van der Waals surface area (Å²) < 4.78 is 12.4. The molecule has 1 aromatic heterocycles. The fourth-order valence-corrected chi connectivity index (χ4v) is 4.17. The second-order valence-electron chi connectivity index (χ2n) is 7.68. The molecule has 0 aliphatic heterocycles. The first kappa shape index (κ1) is 21.9. The van der Waals surface area contributed by atoms with E-state index < -0.39 is 0 Å². The number of hydrogen-bond acceptors (Lipinski definition) is 3. The molecule has 0 aliphatic carbocycles. The quantitative estimate of drug-likeness (QED) is 0.292. The zero-order chi connectivity index (χ0) is 22.7. The van der Waals surface area contributed by atoms with Gasteiger partial charge in [0.05, 0.1) is 19.4 Å². The third kappa shape index (κ3) is 4.63. The molecule has 32 heavy (non-hydrogen) atoms. The largest absolute Gasteiger partial charge is 0.496 e. The Bertz CT molecular complexity index is 1290. The molecule has 1 N–H and O–H groups in total. The summed E-state index contributed by atoms with van der Waals surface area (Å²) in [7, 11) is 1.62. The molecule has 3 aromatic carbocycles. The number of fused-ring (bicyclic) bond motifs is 1. The molecular weight excluding hydrogens is 466 g/mol. The molecule has 1 heterocycles. The summed E-state index contributed by atoms with van der Waals surface area (Å²) in [6.45, 7) is 3.88. The van der Waals surface area contributed by atoms with Gasteiger partial charge in [-0.3, -0.25) is 4.79 Å². The molecular formula is C27H24BrNO3. The molecule has 0 radical (unpaired) electrons. The molecule has 4 aromatic rings. The Morgan fingerprint density at radius 3 is 2.59 bits per heavy atom. The van der Waals surface area contributed by atoms with Gasteiger partial charge in [-0.15, -0.1) is 0 Å². The second kappa shape index (κ2) is 9.45. The average Bonchev–Trinajstić information content (AvgIpc) is 3.21. The van der Waals surface area contributed by atoms with Crippen molar-refractivity contribution in [2.24, 2.45) is 0 Å². The number of benzene rings is 3. The maximum Gasteiger partial charge on any atom is 0.244 e. The summed E-state index contributed by atoms with van der Waals surface area (Å²) in [4.78, 5) is 12.7. The van der Waals surface area contributed by atoms with Crippen LogP contribution in [0.2, 0.25) is 0 Å². The Morgan fingerprint density at radius 2 is 1.88 bits per heavy atom. The predicted octanol–water partition coefficient (Wildman–Crippen LogP) is 7.15. The Balaban J connectivity index is 1.67. The fraction of sp³-hybridized carbons (Fsp3) is 0.148. The van der Waals surface area contributed by atoms with Crippen molar-refractivity contribution in [1.29, 1.82) is 0 Å². The highest BCUT2D eigenvalue weighted by molar-refractivity contribution is 9.10. The number of hydrogen-bond donors (Lipinski definition) is 1. The van der Waals surface area contributed by atoms with E-state index in [1.165, 1.54) is 0 Å². The van der Waals surface area contributed by atoms with Crippen molar-refractivity contribution < 1.29 is 13.9 Å². The highest BCUT2D eigenvalue weighted by Gasteiger charge is 2.15. The summed E-state index contributed by atoms with van der Waals surface area (Å²) >= 11 is 3.53. The number of allylic oxidation sites excluding steroid dienone is 1. The average molecular weight is 490 g/mol. The summed E-state index contributed by atoms with van der Waals surface area (Å²) in [5.74, 6) is 0.505. The van der Waals surface area contributed by atoms with Crippen molar-refractivity contribution in [3.05, 3.63) is 94.7 Å². The Morgan fingerprint density at radius 1 is 1.09 bits per heavy atom. The van der Waals surface area contributed by atoms with Crippen LogP contribution < -0.4 is 10.1 Å². The second-order valence-corrected chi connectivity index (χ2v) is 8.59. The number of rotatable bonds is 6. The molecule has 4 rings (SSSR count). The summed E-state index contributed by atoms with van der Waals surface area (Å²) in [5, 5.41) is 3.99. The van der Waals surface area contributed by atoms with Gasteiger partial charge >= 0.3 is 0 Å². The van der Waals surface area contributed by atoms with Crippen LogP contribution in [0.1, 0.15) is 31.0 Å². The molecule has 1 atom stereocenters. The molecule has 0 saturated heterocycles. The van der Waals surface area contributed by atoms with Crippen LogP contribution >= 0.6 is 15.9 Å². The van der Waals surface area contributed by atoms with Crippen molar-refractivity contribution >= 4 is 38.4 Å². The number of nitrogens with one attached hydrogen (secondary N) is 1. The lowest BCUT2D eigenvalue weighted by Gasteiger charge is -2.14. The molecule has 0 bridgehead atoms. The number of carbonyl (C=O) groups excluding carboxylic acids is 1. The van der Waals surface area contributed by atoms with E-state index in [2.05, 4.69) is 27.3 Å². The van der Waals surface area contributed by atoms with Gasteiger partial charge in [-0.2, -0.15) is 0 Å². The van der Waals surface area contributed by atoms with Gasteiger partial charge in [0, 0.05) is 33.1 Å². The molecule has 1 unspecified atom stereocenters. The van der Waals surface area contributed by atoms with Crippen LogP contribution in [0, 0.1) is 0 Å². The molecule has 4 nitrogen and oxygen atoms in total. The third-order valence-corrected chi connectivity index (χ3v) is 5.96. The first-order chi connectivity index (χ1) is 15.5. The normalized spacial score (nSPS) is 12.6. The highest BCUT2D eigenvalue weighted by Crippen LogP contribution is 2.37. The smallest absolute Gasteiger partial charge is 0.244 e. The minimum Gasteiger partial charge on any atom is -0.496 e. The van der Waals surface area contributed by atoms with Crippen LogP contribution in [0.5, 0.6) is 5.75 Å². The number of carbonyl (C=O) groups is 1. The standard InChI is InChI=1S/C27H24BrNO3/c1-17(12-27(30)29-18(2)19-8-5-4-6-9-19)22-14-23-24(20-10-7-11-21(28)13-20)16-32-26(23)15-25(22)31-3/h4-16,18H,1-3H3,(H,29,30)/b17-12+. The SMILES string of the molecule is COc1cc2occ(-c3cccc(Br)c3)c2cc1/C(C)=C/C(=O)NC(C)c1ccccc1. The Hall–Kier alpha value is -3.31. The van der Waals surface area contributed by atoms with Gasteiger partial charge in [0.1, 0.15) is 11.3 Å². The molecule has 0 fully saturated rings. The van der Waals surface area contributed by atoms with Gasteiger partial charge < -0.3 is 14.5 Å². The summed E-state index contributed by atoms with van der Waals surface area (Å²) in [6.07, 6.45) is 3.37. The van der Waals surface area contributed by atoms with Gasteiger partial charge in [-0.1, -0.05) is 58.4 Å². The number of halogens is 1. The maximum atomic E-state index is 12.7. The molecule has 0 saturated carbocycles. The van der Waals surface area contributed by atoms with Gasteiger partial charge in [0.2, 0.25) is 5.91 Å². The van der Waals surface area contributed by atoms with Crippen molar-refractivity contribution in [3.63, 3.8) is 0 Å². The lowest BCUT2D eigenvalue weighted by Crippen LogP contribution is -2.24. The van der Waals surface area contributed by atoms with E-state index in [0.29, 0.717) is 5.75 Å². The molecule has 1 amide bonds. The fourth-order valence-electron chi connectivity index (χ4n) is 3.77. The minimum atomic E-state index is -0.152. The van der Waals surface area contributed by atoms with Crippen LogP contribution in [-0.2, 0) is 4.79 Å². The highest BCUT2D eigenvalue weighted by atomic mass is 79.9. The van der Waals surface area contributed by atoms with Gasteiger partial charge in [-0.25, -0.2) is 0 Å². The first-order valence-electron chi connectivity index (χ1n) is 10.4. The molecule has 0 spiro atoms. The lowest BCUT2D eigenvalue weighted by molar-refractivity contribution is -0.117. The van der Waals surface area contributed by atoms with E-state index in [1.807, 2.05) is 74.5 Å². The number of ether oxygens (including phenoxy) is 1. The maximum absolute atomic E-state index is 12.7. The summed E-state index contributed by atoms with van der Waals surface area (Å²) in [5.41, 5.74) is 5.48. The lowest BCUT2D eigenvalue weighted by atomic mass is 9.99. The van der Waals surface area contributed by atoms with Gasteiger partial charge in [-0.05, 0) is 48.7 Å². The van der Waals surface area contributed by atoms with Gasteiger partial charge in [0.25, 0.3) is 0 Å². The van der Waals surface area contributed by atoms with Crippen molar-refractivity contribution in [1.82, 2.24) is 5.32 Å². The van der Waals surface area contributed by atoms with Crippen molar-refractivity contribution in [2.45, 2.75) is 19.9 Å². The van der Waals surface area contributed by atoms with Crippen LogP contribution in [0.3, 0.4) is 0 Å². The van der Waals surface area contributed by atoms with Crippen LogP contribution in [0.4, 0.5) is 0 Å². The number of furan rings is 1. The predicted molar refractivity (Wildman–Crippen MR) is 133 cm³/mol. The zero-order valence-corrected chi connectivity index (χ0v) is 19.8. The first-order valence-corrected chi connectivity index (χ1v) is 11.1. The van der Waals surface area contributed by atoms with Crippen LogP contribution in [0.25, 0.3) is 27.7 Å². The van der Waals surface area contributed by atoms with Gasteiger partial charge in [0.15, 0.2) is 0 Å². The van der Waals surface area contributed by atoms with Crippen LogP contribution in [-0.4, -0.2) is 13.0 Å². The van der Waals surface area contributed by atoms with Crippen LogP contribution in [0.15, 0.2) is 88.0 Å². The number of methoxy groups -OCH3 is 1. The molecule has 5 heteroatoms. The van der Waals surface area contributed by atoms with E-state index >= 15 is 0 Å². The van der Waals surface area contributed by atoms with E-state index in [4.69, 9.17) is 9.15 Å². The zero-order valence-electron chi connectivity index (χ0n) is 18.2. The minimum absolute atomic E-state index is 0.0888. The van der Waals surface area contributed by atoms with E-state index in [9.17, 15) is 4.79 Å². The molecule has 162 valence electrons. The third-order valence-electron chi connectivity index (χ3n) is 5.46. The van der Waals surface area contributed by atoms with E-state index in [-0.39, 0.29) is 11.9 Å². The topological polar surface area (TPSA) is 51.5 Å². The van der Waals surface area contributed by atoms with Crippen molar-refractivity contribution in [2.75, 3.05) is 7.11 Å². The number of amides is 1.